The normalized spacial score (nSPS) is 14.7. The molecule has 0 aromatic rings. The van der Waals surface area contributed by atoms with E-state index in [9.17, 15) is 92.4 Å². The highest BCUT2D eigenvalue weighted by Gasteiger charge is 2.95. The Hall–Kier alpha value is -1.26. The maximum Gasteiger partial charge on any atom is 0.460 e. The minimum absolute atomic E-state index is 0.389. The number of Topliss-reactive ketones (excluding diaryl/α,β-unsaturated/α-hetero) is 1. The van der Waals surface area contributed by atoms with Gasteiger partial charge >= 0.3 is 47.0 Å². The summed E-state index contributed by atoms with van der Waals surface area (Å²) >= 11 is 0. The van der Waals surface area contributed by atoms with Gasteiger partial charge in [0, 0.05) is 6.42 Å². The van der Waals surface area contributed by atoms with Gasteiger partial charge in [0.1, 0.15) is 11.5 Å². The molecule has 0 rings (SSSR count). The van der Waals surface area contributed by atoms with Gasteiger partial charge in [-0.2, -0.15) is 74.6 Å². The van der Waals surface area contributed by atoms with Crippen LogP contribution < -0.4 is 0 Å². The summed E-state index contributed by atoms with van der Waals surface area (Å²) in [4.78, 5) is 11.9. The van der Waals surface area contributed by atoms with E-state index >= 15 is 0 Å². The van der Waals surface area contributed by atoms with Crippen LogP contribution in [0, 0.1) is 0 Å². The van der Waals surface area contributed by atoms with Gasteiger partial charge in [-0.3, -0.25) is 4.79 Å². The van der Waals surface area contributed by atoms with Gasteiger partial charge < -0.3 is 4.55 Å². The summed E-state index contributed by atoms with van der Waals surface area (Å²) in [6, 6.07) is 0. The predicted octanol–water partition coefficient (Wildman–Crippen LogP) is 9.24. The second-order valence-electron chi connectivity index (χ2n) is 10.1. The Kier molecular flexibility index (Phi) is 17.4. The van der Waals surface area contributed by atoms with Crippen LogP contribution in [0.3, 0.4) is 0 Å². The molecule has 0 aliphatic rings. The van der Waals surface area contributed by atoms with Crippen LogP contribution in [0.15, 0.2) is 0 Å². The van der Waals surface area contributed by atoms with Crippen LogP contribution in [0.25, 0.3) is 0 Å². The van der Waals surface area contributed by atoms with Crippen molar-refractivity contribution in [3.05, 3.63) is 0 Å². The maximum atomic E-state index is 13.0. The molecule has 23 heteroatoms. The van der Waals surface area contributed by atoms with E-state index in [1.165, 1.54) is 56.5 Å². The number of hydrogen-bond acceptors (Lipinski definition) is 4. The maximum absolute atomic E-state index is 13.0. The SMILES string of the molecule is CCCCCCC(=O)C[S+](CCCC)CCCC.O=S(=O)([O-])C(F)(F)C(F)(F)C(F)(F)C(F)(F)C(F)(F)C(F)(F)C(F)(F)C(F)(F)F. The van der Waals surface area contributed by atoms with Crippen molar-refractivity contribution in [2.24, 2.45) is 0 Å². The van der Waals surface area contributed by atoms with Crippen LogP contribution in [0.2, 0.25) is 0 Å². The van der Waals surface area contributed by atoms with Gasteiger partial charge in [-0.05, 0) is 30.2 Å². The van der Waals surface area contributed by atoms with E-state index in [1.54, 1.807) is 0 Å². The number of halogens is 17. The summed E-state index contributed by atoms with van der Waals surface area (Å²) in [5, 5.41) is -7.95. The molecular weight excluding hydrogens is 739 g/mol. The molecule has 0 N–H and O–H groups in total. The largest absolute Gasteiger partial charge is 0.743 e. The zero-order valence-corrected chi connectivity index (χ0v) is 26.5. The van der Waals surface area contributed by atoms with Gasteiger partial charge in [0.15, 0.2) is 21.7 Å². The van der Waals surface area contributed by atoms with Crippen molar-refractivity contribution in [3.63, 3.8) is 0 Å². The van der Waals surface area contributed by atoms with Crippen LogP contribution in [0.1, 0.15) is 78.6 Å². The van der Waals surface area contributed by atoms with Crippen LogP contribution in [0.5, 0.6) is 0 Å². The Morgan fingerprint density at radius 2 is 0.872 bits per heavy atom. The van der Waals surface area contributed by atoms with Crippen molar-refractivity contribution in [3.8, 4) is 0 Å². The Bertz CT molecular complexity index is 1070. The van der Waals surface area contributed by atoms with Gasteiger partial charge in [-0.25, -0.2) is 8.42 Å². The van der Waals surface area contributed by atoms with E-state index in [0.717, 1.165) is 18.6 Å². The zero-order valence-electron chi connectivity index (χ0n) is 24.9. The molecule has 0 fully saturated rings. The fourth-order valence-corrected chi connectivity index (χ4v) is 6.23. The molecule has 284 valence electrons. The van der Waals surface area contributed by atoms with E-state index in [4.69, 9.17) is 0 Å². The fourth-order valence-electron chi connectivity index (χ4n) is 3.30. The van der Waals surface area contributed by atoms with Crippen LogP contribution in [-0.4, -0.2) is 83.0 Å². The summed E-state index contributed by atoms with van der Waals surface area (Å²) in [5.74, 6) is -48.2. The molecule has 47 heavy (non-hydrogen) atoms. The molecule has 0 aliphatic heterocycles. The molecule has 0 unspecified atom stereocenters. The molecular formula is C24H33F17O4S2. The molecule has 0 saturated carbocycles. The molecule has 0 aromatic carbocycles. The second kappa shape index (κ2) is 17.1. The number of hydrogen-bond donors (Lipinski definition) is 0. The third-order valence-corrected chi connectivity index (χ3v) is 9.60. The average molecular weight is 773 g/mol. The highest BCUT2D eigenvalue weighted by atomic mass is 32.2. The third-order valence-electron chi connectivity index (χ3n) is 6.25. The summed E-state index contributed by atoms with van der Waals surface area (Å²) in [6.07, 6.45) is 2.96. The molecule has 0 amide bonds. The number of unbranched alkanes of at least 4 members (excludes halogenated alkanes) is 5. The van der Waals surface area contributed by atoms with Crippen molar-refractivity contribution >= 4 is 26.8 Å². The first-order chi connectivity index (χ1) is 20.7. The molecule has 0 spiro atoms. The van der Waals surface area contributed by atoms with E-state index in [1.807, 2.05) is 0 Å². The van der Waals surface area contributed by atoms with Gasteiger partial charge in [0.25, 0.3) is 0 Å². The van der Waals surface area contributed by atoms with Crippen LogP contribution >= 0.6 is 0 Å². The smallest absolute Gasteiger partial charge is 0.460 e. The molecule has 0 aromatic heterocycles. The van der Waals surface area contributed by atoms with Crippen molar-refractivity contribution < 1.29 is 92.4 Å². The number of alkyl halides is 17. The Balaban J connectivity index is 0. The van der Waals surface area contributed by atoms with Gasteiger partial charge in [-0.15, -0.1) is 0 Å². The number of carbonyl (C=O) groups is 1. The molecule has 4 nitrogen and oxygen atoms in total. The molecule has 0 bridgehead atoms. The topological polar surface area (TPSA) is 74.3 Å². The van der Waals surface area contributed by atoms with Gasteiger partial charge in [0.05, 0.1) is 0 Å². The first kappa shape index (κ1) is 47.9. The molecule has 0 atom stereocenters. The quantitative estimate of drug-likeness (QED) is 0.0536. The lowest BCUT2D eigenvalue weighted by Gasteiger charge is -2.42. The lowest BCUT2D eigenvalue weighted by molar-refractivity contribution is -0.458. The first-order valence-corrected chi connectivity index (χ1v) is 16.7. The standard InChI is InChI=1S/C16H33OS.C8HF17O3S/c1-4-7-10-11-12-16(17)15-18(13-8-5-2)14-9-6-3;9-1(10,3(13,14)5(17,18)7(21,22)23)2(11,12)4(15,16)6(19,20)8(24,25)29(26,27)28/h4-15H2,1-3H3;(H,26,27,28)/q+1;/p-1. The van der Waals surface area contributed by atoms with Crippen molar-refractivity contribution in [1.82, 2.24) is 0 Å². The average Bonchev–Trinajstić information content (AvgIpc) is 2.91. The van der Waals surface area contributed by atoms with E-state index in [2.05, 4.69) is 20.8 Å². The van der Waals surface area contributed by atoms with E-state index in [0.29, 0.717) is 16.7 Å². The first-order valence-electron chi connectivity index (χ1n) is 13.6. The lowest BCUT2D eigenvalue weighted by Crippen LogP contribution is -2.75. The van der Waals surface area contributed by atoms with Crippen LogP contribution in [-0.2, 0) is 25.8 Å². The minimum atomic E-state index is -8.92. The predicted molar refractivity (Wildman–Crippen MR) is 136 cm³/mol. The minimum Gasteiger partial charge on any atom is -0.743 e. The lowest BCUT2D eigenvalue weighted by atomic mass is 9.91. The van der Waals surface area contributed by atoms with Crippen molar-refractivity contribution in [2.45, 2.75) is 126 Å². The monoisotopic (exact) mass is 772 g/mol. The fraction of sp³-hybridized carbons (Fsp3) is 0.958. The van der Waals surface area contributed by atoms with Crippen molar-refractivity contribution in [2.75, 3.05) is 17.3 Å². The second-order valence-corrected chi connectivity index (χ2v) is 13.9. The number of ketones is 1. The Labute approximate surface area is 262 Å². The van der Waals surface area contributed by atoms with Crippen molar-refractivity contribution in [1.29, 1.82) is 0 Å². The van der Waals surface area contributed by atoms with Gasteiger partial charge in [0.2, 0.25) is 0 Å². The summed E-state index contributed by atoms with van der Waals surface area (Å²) in [5.41, 5.74) is 0. The van der Waals surface area contributed by atoms with E-state index < -0.39 is 57.1 Å². The van der Waals surface area contributed by atoms with Crippen LogP contribution in [0.4, 0.5) is 74.6 Å². The molecule has 0 radical (unpaired) electrons. The summed E-state index contributed by atoms with van der Waals surface area (Å²) in [7, 11) is -7.75. The highest BCUT2D eigenvalue weighted by Crippen LogP contribution is 2.64. The Morgan fingerprint density at radius 1 is 0.532 bits per heavy atom. The summed E-state index contributed by atoms with van der Waals surface area (Å²) < 4.78 is 244. The zero-order chi connectivity index (χ0) is 38.1. The summed E-state index contributed by atoms with van der Waals surface area (Å²) in [6.45, 7) is 6.70. The van der Waals surface area contributed by atoms with Gasteiger partial charge in [-0.1, -0.05) is 52.9 Å². The highest BCUT2D eigenvalue weighted by molar-refractivity contribution is 7.97. The molecule has 0 saturated heterocycles. The number of carbonyl (C=O) groups excluding carboxylic acids is 1. The molecule has 0 heterocycles. The number of rotatable bonds is 20. The third kappa shape index (κ3) is 10.4. The Morgan fingerprint density at radius 3 is 1.19 bits per heavy atom. The van der Waals surface area contributed by atoms with E-state index in [-0.39, 0.29) is 0 Å². The molecule has 0 aliphatic carbocycles.